The van der Waals surface area contributed by atoms with E-state index in [0.29, 0.717) is 28.7 Å². The van der Waals surface area contributed by atoms with Crippen LogP contribution in [0.2, 0.25) is 0 Å². The summed E-state index contributed by atoms with van der Waals surface area (Å²) in [5, 5.41) is 19.8. The molecule has 66 heavy (non-hydrogen) atoms. The summed E-state index contributed by atoms with van der Waals surface area (Å²) in [5.74, 6) is 1.51. The number of hydrogen-bond acceptors (Lipinski definition) is 5. The van der Waals surface area contributed by atoms with Crippen molar-refractivity contribution in [2.45, 2.75) is 0 Å². The monoisotopic (exact) mass is 843 g/mol. The van der Waals surface area contributed by atoms with Crippen LogP contribution in [-0.2, 0) is 0 Å². The summed E-state index contributed by atoms with van der Waals surface area (Å²) >= 11 is 0. The average molecular weight is 844 g/mol. The Bertz CT molecular complexity index is 4310. The standard InChI is InChI=1S/C58H33N7O/c59-34-37-31-36(57-60-56(35-15-3-1-4-16-35)61-58(62-57)65-47-24-12-7-19-39(47)40-20-8-13-25-48(40)65)27-28-45(37)64-46-23-11-9-21-41(46)43-33-53-44(32-51(43)64)55-52(66-53)30-29-50-54(55)42-22-10-14-26-49(42)63(50)38-17-5-2-6-18-38/h1-33H. The average Bonchev–Trinajstić information content (AvgIpc) is 4.12. The number of rotatable bonds is 5. The minimum atomic E-state index is 0.469. The van der Waals surface area contributed by atoms with Gasteiger partial charge in [0.05, 0.1) is 44.4 Å². The van der Waals surface area contributed by atoms with Crippen molar-refractivity contribution >= 4 is 87.4 Å². The largest absolute Gasteiger partial charge is 0.456 e. The summed E-state index contributed by atoms with van der Waals surface area (Å²) in [6.45, 7) is 0. The second-order valence-corrected chi connectivity index (χ2v) is 16.7. The van der Waals surface area contributed by atoms with E-state index in [1.807, 2.05) is 72.8 Å². The van der Waals surface area contributed by atoms with Crippen LogP contribution in [-0.4, -0.2) is 28.7 Å². The molecule has 0 amide bonds. The molecule has 0 aliphatic carbocycles. The van der Waals surface area contributed by atoms with E-state index in [1.165, 1.54) is 0 Å². The predicted octanol–water partition coefficient (Wildman–Crippen LogP) is 14.3. The Balaban J connectivity index is 0.996. The van der Waals surface area contributed by atoms with Gasteiger partial charge in [-0.2, -0.15) is 15.2 Å². The molecule has 306 valence electrons. The van der Waals surface area contributed by atoms with Crippen molar-refractivity contribution in [3.63, 3.8) is 0 Å². The van der Waals surface area contributed by atoms with Crippen LogP contribution in [0, 0.1) is 11.3 Å². The van der Waals surface area contributed by atoms with Crippen LogP contribution in [0.4, 0.5) is 0 Å². The molecule has 0 N–H and O–H groups in total. The fourth-order valence-electron chi connectivity index (χ4n) is 10.3. The molecule has 14 aromatic rings. The maximum absolute atomic E-state index is 11.1. The van der Waals surface area contributed by atoms with Crippen molar-refractivity contribution in [2.75, 3.05) is 0 Å². The van der Waals surface area contributed by atoms with E-state index in [9.17, 15) is 5.26 Å². The molecular weight excluding hydrogens is 811 g/mol. The number of nitriles is 1. The Morgan fingerprint density at radius 2 is 0.955 bits per heavy atom. The number of fused-ring (bicyclic) bond motifs is 13. The van der Waals surface area contributed by atoms with E-state index in [-0.39, 0.29) is 0 Å². The fraction of sp³-hybridized carbons (Fsp3) is 0. The lowest BCUT2D eigenvalue weighted by Crippen LogP contribution is -2.06. The molecule has 0 atom stereocenters. The van der Waals surface area contributed by atoms with Gasteiger partial charge >= 0.3 is 0 Å². The van der Waals surface area contributed by atoms with Gasteiger partial charge in [0.25, 0.3) is 0 Å². The van der Waals surface area contributed by atoms with E-state index >= 15 is 0 Å². The van der Waals surface area contributed by atoms with Gasteiger partial charge in [-0.15, -0.1) is 0 Å². The van der Waals surface area contributed by atoms with E-state index < -0.39 is 0 Å². The van der Waals surface area contributed by atoms with Gasteiger partial charge < -0.3 is 13.6 Å². The number of aromatic nitrogens is 6. The number of benzene rings is 9. The van der Waals surface area contributed by atoms with Crippen LogP contribution in [0.25, 0.3) is 127 Å². The molecule has 5 heterocycles. The Labute approximate surface area is 376 Å². The van der Waals surface area contributed by atoms with E-state index in [0.717, 1.165) is 104 Å². The van der Waals surface area contributed by atoms with Crippen LogP contribution in [0.15, 0.2) is 205 Å². The lowest BCUT2D eigenvalue weighted by atomic mass is 10.0. The van der Waals surface area contributed by atoms with Gasteiger partial charge in [-0.25, -0.2) is 4.98 Å². The summed E-state index contributed by atoms with van der Waals surface area (Å²) in [6.07, 6.45) is 0. The topological polar surface area (TPSA) is 90.4 Å². The summed E-state index contributed by atoms with van der Waals surface area (Å²) < 4.78 is 13.4. The molecule has 0 saturated carbocycles. The lowest BCUT2D eigenvalue weighted by molar-refractivity contribution is 0.670. The van der Waals surface area contributed by atoms with Gasteiger partial charge in [-0.3, -0.25) is 4.57 Å². The Hall–Kier alpha value is -9.32. The predicted molar refractivity (Wildman–Crippen MR) is 266 cm³/mol. The maximum atomic E-state index is 11.1. The van der Waals surface area contributed by atoms with Crippen LogP contribution < -0.4 is 0 Å². The van der Waals surface area contributed by atoms with E-state index in [1.54, 1.807) is 0 Å². The zero-order chi connectivity index (χ0) is 43.5. The molecule has 0 aliphatic rings. The molecule has 0 aliphatic heterocycles. The van der Waals surface area contributed by atoms with Crippen molar-refractivity contribution < 1.29 is 4.42 Å². The van der Waals surface area contributed by atoms with Crippen LogP contribution in [0.1, 0.15) is 5.56 Å². The first-order valence-electron chi connectivity index (χ1n) is 21.9. The molecule has 0 radical (unpaired) electrons. The summed E-state index contributed by atoms with van der Waals surface area (Å²) in [7, 11) is 0. The Kier molecular flexibility index (Phi) is 7.59. The quantitative estimate of drug-likeness (QED) is 0.172. The minimum Gasteiger partial charge on any atom is -0.456 e. The molecule has 8 nitrogen and oxygen atoms in total. The summed E-state index contributed by atoms with van der Waals surface area (Å²) in [4.78, 5) is 15.3. The van der Waals surface area contributed by atoms with Crippen molar-refractivity contribution in [2.24, 2.45) is 0 Å². The highest BCUT2D eigenvalue weighted by Crippen LogP contribution is 2.44. The molecule has 0 fully saturated rings. The SMILES string of the molecule is N#Cc1cc(-c2nc(-c3ccccc3)nc(-n3c4ccccc4c4ccccc43)n2)ccc1-n1c2ccccc2c2cc3oc4ccc5c(c6ccccc6n5-c5ccccc5)c4c3cc21. The van der Waals surface area contributed by atoms with Crippen LogP contribution >= 0.6 is 0 Å². The smallest absolute Gasteiger partial charge is 0.238 e. The Morgan fingerprint density at radius 3 is 1.64 bits per heavy atom. The number of hydrogen-bond donors (Lipinski definition) is 0. The highest BCUT2D eigenvalue weighted by atomic mass is 16.3. The second kappa shape index (κ2) is 13.8. The molecule has 0 bridgehead atoms. The third kappa shape index (κ3) is 5.16. The molecular formula is C58H33N7O. The first-order chi connectivity index (χ1) is 32.7. The van der Waals surface area contributed by atoms with Crippen molar-refractivity contribution in [1.29, 1.82) is 5.26 Å². The van der Waals surface area contributed by atoms with Crippen LogP contribution in [0.5, 0.6) is 0 Å². The first-order valence-corrected chi connectivity index (χ1v) is 21.9. The van der Waals surface area contributed by atoms with E-state index in [4.69, 9.17) is 19.4 Å². The first kappa shape index (κ1) is 36.2. The van der Waals surface area contributed by atoms with Crippen molar-refractivity contribution in [3.05, 3.63) is 206 Å². The summed E-state index contributed by atoms with van der Waals surface area (Å²) in [5.41, 5.74) is 11.7. The van der Waals surface area contributed by atoms with Gasteiger partial charge in [-0.1, -0.05) is 121 Å². The van der Waals surface area contributed by atoms with Crippen LogP contribution in [0.3, 0.4) is 0 Å². The lowest BCUT2D eigenvalue weighted by Gasteiger charge is -2.13. The molecule has 0 saturated heterocycles. The third-order valence-corrected chi connectivity index (χ3v) is 13.1. The van der Waals surface area contributed by atoms with Gasteiger partial charge in [0.15, 0.2) is 11.6 Å². The van der Waals surface area contributed by atoms with Gasteiger partial charge in [-0.05, 0) is 78.9 Å². The highest BCUT2D eigenvalue weighted by Gasteiger charge is 2.23. The zero-order valence-corrected chi connectivity index (χ0v) is 35.1. The van der Waals surface area contributed by atoms with E-state index in [2.05, 4.69) is 147 Å². The van der Waals surface area contributed by atoms with Crippen molar-refractivity contribution in [3.8, 4) is 46.2 Å². The third-order valence-electron chi connectivity index (χ3n) is 13.1. The van der Waals surface area contributed by atoms with Gasteiger partial charge in [0, 0.05) is 59.9 Å². The van der Waals surface area contributed by atoms with Gasteiger partial charge in [0.1, 0.15) is 17.2 Å². The molecule has 14 rings (SSSR count). The molecule has 5 aromatic heterocycles. The number of nitrogens with zero attached hydrogens (tertiary/aromatic N) is 7. The van der Waals surface area contributed by atoms with Crippen molar-refractivity contribution in [1.82, 2.24) is 28.7 Å². The minimum absolute atomic E-state index is 0.469. The Morgan fingerprint density at radius 1 is 0.379 bits per heavy atom. The fourth-order valence-corrected chi connectivity index (χ4v) is 10.3. The zero-order valence-electron chi connectivity index (χ0n) is 35.1. The molecule has 9 aromatic carbocycles. The summed E-state index contributed by atoms with van der Waals surface area (Å²) in [6, 6.07) is 71.3. The molecule has 0 unspecified atom stereocenters. The number of para-hydroxylation sites is 5. The van der Waals surface area contributed by atoms with Gasteiger partial charge in [0.2, 0.25) is 5.95 Å². The number of furan rings is 1. The molecule has 8 heteroatoms. The maximum Gasteiger partial charge on any atom is 0.238 e. The normalized spacial score (nSPS) is 11.9. The molecule has 0 spiro atoms. The highest BCUT2D eigenvalue weighted by molar-refractivity contribution is 6.29. The second-order valence-electron chi connectivity index (χ2n) is 16.7.